The van der Waals surface area contributed by atoms with Crippen molar-refractivity contribution >= 4 is 27.1 Å². The molecule has 0 bridgehead atoms. The van der Waals surface area contributed by atoms with Crippen LogP contribution in [0.3, 0.4) is 0 Å². The standard InChI is InChI=1S/C20H18N2O3S/c1-26(24,25)19-14-8-9-16(15-19)20(23)21-22(17-10-4-2-5-11-17)18-12-6-3-7-13-18/h2-15H,1H3,(H,21,23). The normalized spacial score (nSPS) is 11.0. The van der Waals surface area contributed by atoms with Crippen LogP contribution in [0.1, 0.15) is 10.4 Å². The van der Waals surface area contributed by atoms with Gasteiger partial charge in [-0.3, -0.25) is 15.2 Å². The number of hydrogen-bond acceptors (Lipinski definition) is 4. The summed E-state index contributed by atoms with van der Waals surface area (Å²) in [4.78, 5) is 12.8. The van der Waals surface area contributed by atoms with Crippen molar-refractivity contribution in [2.24, 2.45) is 0 Å². The second-order valence-corrected chi connectivity index (χ2v) is 7.76. The zero-order valence-electron chi connectivity index (χ0n) is 14.2. The van der Waals surface area contributed by atoms with Crippen molar-refractivity contribution in [3.05, 3.63) is 90.5 Å². The molecule has 5 nitrogen and oxygen atoms in total. The molecule has 132 valence electrons. The van der Waals surface area contributed by atoms with Crippen LogP contribution < -0.4 is 10.4 Å². The molecule has 0 spiro atoms. The number of carbonyl (C=O) groups excluding carboxylic acids is 1. The molecule has 3 rings (SSSR count). The molecule has 0 aromatic heterocycles. The first-order chi connectivity index (χ1) is 12.4. The monoisotopic (exact) mass is 366 g/mol. The molecule has 0 heterocycles. The van der Waals surface area contributed by atoms with Crippen LogP contribution in [0.2, 0.25) is 0 Å². The van der Waals surface area contributed by atoms with E-state index in [1.54, 1.807) is 17.1 Å². The number of amides is 1. The fourth-order valence-electron chi connectivity index (χ4n) is 2.47. The third-order valence-corrected chi connectivity index (χ3v) is 4.88. The Morgan fingerprint density at radius 2 is 1.35 bits per heavy atom. The lowest BCUT2D eigenvalue weighted by molar-refractivity contribution is 0.0953. The van der Waals surface area contributed by atoms with Gasteiger partial charge >= 0.3 is 0 Å². The van der Waals surface area contributed by atoms with Crippen molar-refractivity contribution in [1.29, 1.82) is 0 Å². The summed E-state index contributed by atoms with van der Waals surface area (Å²) in [5, 5.41) is 1.66. The SMILES string of the molecule is CS(=O)(=O)c1cccc(C(=O)NN(c2ccccc2)c2ccccc2)c1. The van der Waals surface area contributed by atoms with Crippen LogP contribution in [0.15, 0.2) is 89.8 Å². The van der Waals surface area contributed by atoms with E-state index in [4.69, 9.17) is 0 Å². The Labute approximate surface area is 152 Å². The molecule has 1 amide bonds. The Morgan fingerprint density at radius 3 is 1.85 bits per heavy atom. The first-order valence-corrected chi connectivity index (χ1v) is 9.85. The number of anilines is 2. The van der Waals surface area contributed by atoms with Crippen LogP contribution in [0.5, 0.6) is 0 Å². The maximum atomic E-state index is 12.7. The quantitative estimate of drug-likeness (QED) is 0.701. The highest BCUT2D eigenvalue weighted by molar-refractivity contribution is 7.90. The molecule has 0 atom stereocenters. The molecular formula is C20H18N2O3S. The van der Waals surface area contributed by atoms with Crippen LogP contribution in [0, 0.1) is 0 Å². The van der Waals surface area contributed by atoms with E-state index in [-0.39, 0.29) is 10.5 Å². The maximum absolute atomic E-state index is 12.7. The van der Waals surface area contributed by atoms with Gasteiger partial charge in [-0.25, -0.2) is 8.42 Å². The highest BCUT2D eigenvalue weighted by Gasteiger charge is 2.16. The van der Waals surface area contributed by atoms with Gasteiger partial charge in [-0.15, -0.1) is 0 Å². The third kappa shape index (κ3) is 4.10. The lowest BCUT2D eigenvalue weighted by Crippen LogP contribution is -2.39. The molecule has 0 aliphatic heterocycles. The summed E-state index contributed by atoms with van der Waals surface area (Å²) >= 11 is 0. The van der Waals surface area contributed by atoms with Crippen LogP contribution >= 0.6 is 0 Å². The fourth-order valence-corrected chi connectivity index (χ4v) is 3.13. The Balaban J connectivity index is 1.94. The number of hydrazine groups is 1. The molecule has 0 aliphatic rings. The van der Waals surface area contributed by atoms with Crippen molar-refractivity contribution < 1.29 is 13.2 Å². The Bertz CT molecular complexity index is 964. The lowest BCUT2D eigenvalue weighted by atomic mass is 10.2. The molecule has 0 aliphatic carbocycles. The number of nitrogens with one attached hydrogen (secondary N) is 1. The van der Waals surface area contributed by atoms with Gasteiger partial charge in [-0.2, -0.15) is 0 Å². The molecule has 1 N–H and O–H groups in total. The van der Waals surface area contributed by atoms with Gasteiger partial charge in [0, 0.05) is 11.8 Å². The highest BCUT2D eigenvalue weighted by Crippen LogP contribution is 2.23. The van der Waals surface area contributed by atoms with Gasteiger partial charge in [0.1, 0.15) is 0 Å². The minimum Gasteiger partial charge on any atom is -0.267 e. The van der Waals surface area contributed by atoms with E-state index < -0.39 is 15.7 Å². The van der Waals surface area contributed by atoms with Crippen molar-refractivity contribution in [3.63, 3.8) is 0 Å². The summed E-state index contributed by atoms with van der Waals surface area (Å²) in [6, 6.07) is 24.8. The molecule has 3 aromatic carbocycles. The third-order valence-electron chi connectivity index (χ3n) is 3.77. The summed E-state index contributed by atoms with van der Waals surface area (Å²) < 4.78 is 23.5. The predicted octanol–water partition coefficient (Wildman–Crippen LogP) is 3.57. The van der Waals surface area contributed by atoms with Gasteiger partial charge in [0.25, 0.3) is 5.91 Å². The predicted molar refractivity (Wildman–Crippen MR) is 102 cm³/mol. The number of hydrogen-bond donors (Lipinski definition) is 1. The molecule has 3 aromatic rings. The van der Waals surface area contributed by atoms with Crippen molar-refractivity contribution in [2.75, 3.05) is 11.3 Å². The summed E-state index contributed by atoms with van der Waals surface area (Å²) in [7, 11) is -3.39. The molecule has 6 heteroatoms. The lowest BCUT2D eigenvalue weighted by Gasteiger charge is -2.25. The Kier molecular flexibility index (Phi) is 5.04. The number of sulfone groups is 1. The van der Waals surface area contributed by atoms with Gasteiger partial charge in [0.2, 0.25) is 0 Å². The smallest absolute Gasteiger partial charge is 0.267 e. The van der Waals surface area contributed by atoms with E-state index in [1.165, 1.54) is 12.1 Å². The van der Waals surface area contributed by atoms with Crippen LogP contribution in [-0.2, 0) is 9.84 Å². The second kappa shape index (κ2) is 7.41. The summed E-state index contributed by atoms with van der Waals surface area (Å²) in [5.74, 6) is -0.400. The highest BCUT2D eigenvalue weighted by atomic mass is 32.2. The van der Waals surface area contributed by atoms with Crippen molar-refractivity contribution in [3.8, 4) is 0 Å². The van der Waals surface area contributed by atoms with E-state index >= 15 is 0 Å². The Morgan fingerprint density at radius 1 is 0.808 bits per heavy atom. The van der Waals surface area contributed by atoms with E-state index in [0.29, 0.717) is 0 Å². The number of benzene rings is 3. The van der Waals surface area contributed by atoms with Crippen LogP contribution in [-0.4, -0.2) is 20.6 Å². The second-order valence-electron chi connectivity index (χ2n) is 5.75. The van der Waals surface area contributed by atoms with Gasteiger partial charge in [0.05, 0.1) is 16.3 Å². The molecule has 26 heavy (non-hydrogen) atoms. The number of carbonyl (C=O) groups is 1. The maximum Gasteiger partial charge on any atom is 0.270 e. The molecule has 0 unspecified atom stereocenters. The van der Waals surface area contributed by atoms with E-state index in [2.05, 4.69) is 5.43 Å². The van der Waals surface area contributed by atoms with Crippen molar-refractivity contribution in [2.45, 2.75) is 4.90 Å². The van der Waals surface area contributed by atoms with Gasteiger partial charge in [-0.1, -0.05) is 42.5 Å². The summed E-state index contributed by atoms with van der Waals surface area (Å²) in [6.07, 6.45) is 1.12. The van der Waals surface area contributed by atoms with Crippen LogP contribution in [0.25, 0.3) is 0 Å². The molecule has 0 radical (unpaired) electrons. The zero-order chi connectivity index (χ0) is 18.6. The largest absolute Gasteiger partial charge is 0.270 e. The minimum atomic E-state index is -3.39. The van der Waals surface area contributed by atoms with E-state index in [1.807, 2.05) is 60.7 Å². The Hall–Kier alpha value is -3.12. The zero-order valence-corrected chi connectivity index (χ0v) is 15.0. The van der Waals surface area contributed by atoms with Gasteiger partial charge < -0.3 is 0 Å². The number of rotatable bonds is 5. The average Bonchev–Trinajstić information content (AvgIpc) is 2.67. The first-order valence-electron chi connectivity index (χ1n) is 7.96. The van der Waals surface area contributed by atoms with Crippen molar-refractivity contribution in [1.82, 2.24) is 5.43 Å². The molecule has 0 saturated heterocycles. The molecule has 0 fully saturated rings. The topological polar surface area (TPSA) is 66.5 Å². The summed E-state index contributed by atoms with van der Waals surface area (Å²) in [5.41, 5.74) is 4.68. The van der Waals surface area contributed by atoms with Gasteiger partial charge in [0.15, 0.2) is 9.84 Å². The fraction of sp³-hybridized carbons (Fsp3) is 0.0500. The van der Waals surface area contributed by atoms with Crippen LogP contribution in [0.4, 0.5) is 11.4 Å². The number of nitrogens with zero attached hydrogens (tertiary/aromatic N) is 1. The van der Waals surface area contributed by atoms with E-state index in [0.717, 1.165) is 17.6 Å². The molecular weight excluding hydrogens is 348 g/mol. The number of para-hydroxylation sites is 2. The summed E-state index contributed by atoms with van der Waals surface area (Å²) in [6.45, 7) is 0. The molecule has 0 saturated carbocycles. The van der Waals surface area contributed by atoms with Gasteiger partial charge in [-0.05, 0) is 42.5 Å². The average molecular weight is 366 g/mol. The van der Waals surface area contributed by atoms with E-state index in [9.17, 15) is 13.2 Å². The first kappa shape index (κ1) is 17.7. The minimum absolute atomic E-state index is 0.108.